The predicted molar refractivity (Wildman–Crippen MR) is 76.4 cm³/mol. The number of nitrogens with one attached hydrogen (secondary N) is 1. The van der Waals surface area contributed by atoms with Crippen LogP contribution >= 0.6 is 0 Å². The smallest absolute Gasteiger partial charge is 0.163 e. The lowest BCUT2D eigenvalue weighted by atomic mass is 10.0. The average Bonchev–Trinajstić information content (AvgIpc) is 2.36. The van der Waals surface area contributed by atoms with E-state index in [2.05, 4.69) is 4.72 Å². The average molecular weight is 305 g/mol. The van der Waals surface area contributed by atoms with E-state index < -0.39 is 33.8 Å². The molecule has 6 heteroatoms. The second-order valence-electron chi connectivity index (χ2n) is 5.56. The van der Waals surface area contributed by atoms with Gasteiger partial charge in [-0.05, 0) is 39.7 Å². The van der Waals surface area contributed by atoms with Crippen LogP contribution in [0.5, 0.6) is 0 Å². The number of rotatable bonds is 6. The van der Waals surface area contributed by atoms with Crippen LogP contribution in [0.3, 0.4) is 0 Å². The van der Waals surface area contributed by atoms with Crippen molar-refractivity contribution in [1.82, 2.24) is 4.72 Å². The Hall–Kier alpha value is -0.690. The van der Waals surface area contributed by atoms with Crippen LogP contribution < -0.4 is 4.72 Å². The Kier molecular flexibility index (Phi) is 6.39. The van der Waals surface area contributed by atoms with Crippen molar-refractivity contribution in [2.24, 2.45) is 0 Å². The molecule has 0 saturated carbocycles. The van der Waals surface area contributed by atoms with Gasteiger partial charge in [0.1, 0.15) is 4.75 Å². The number of hydrogen-bond acceptors (Lipinski definition) is 3. The fourth-order valence-corrected chi connectivity index (χ4v) is 2.53. The molecule has 1 aromatic carbocycles. The Morgan fingerprint density at radius 1 is 1.35 bits per heavy atom. The van der Waals surface area contributed by atoms with Crippen LogP contribution in [-0.4, -0.2) is 21.0 Å². The first-order chi connectivity index (χ1) is 9.27. The van der Waals surface area contributed by atoms with Gasteiger partial charge in [-0.3, -0.25) is 0 Å². The standard InChI is InChI=1S/C14H21F2NO2S/c1-14(2,3)20(19)17-12(8-5-9-18)10-6-4-7-11(15)13(10)16/h4,6-7,12,17-18H,5,8-9H2,1-3H3/t12-,20+/m0/s1. The molecule has 1 aromatic rings. The molecule has 0 aliphatic heterocycles. The Labute approximate surface area is 121 Å². The molecule has 114 valence electrons. The summed E-state index contributed by atoms with van der Waals surface area (Å²) in [7, 11) is 0. The lowest BCUT2D eigenvalue weighted by molar-refractivity contribution is 0.277. The SMILES string of the molecule is CC(C)(C)[S@@+]([O-])N[C@@H](CCCO)c1cccc(F)c1F. The van der Waals surface area contributed by atoms with E-state index in [1.807, 2.05) is 0 Å². The highest BCUT2D eigenvalue weighted by atomic mass is 32.2. The maximum absolute atomic E-state index is 13.8. The van der Waals surface area contributed by atoms with Crippen LogP contribution in [0.1, 0.15) is 45.2 Å². The summed E-state index contributed by atoms with van der Waals surface area (Å²) in [5, 5.41) is 8.91. The van der Waals surface area contributed by atoms with Crippen molar-refractivity contribution in [2.45, 2.75) is 44.4 Å². The van der Waals surface area contributed by atoms with Gasteiger partial charge in [0.05, 0.1) is 6.04 Å². The third-order valence-corrected chi connectivity index (χ3v) is 4.42. The molecular formula is C14H21F2NO2S. The Morgan fingerprint density at radius 2 is 2.00 bits per heavy atom. The van der Waals surface area contributed by atoms with Crippen LogP contribution in [0.15, 0.2) is 18.2 Å². The number of hydrogen-bond donors (Lipinski definition) is 2. The predicted octanol–water partition coefficient (Wildman–Crippen LogP) is 2.83. The van der Waals surface area contributed by atoms with Crippen molar-refractivity contribution in [3.05, 3.63) is 35.4 Å². The van der Waals surface area contributed by atoms with E-state index in [1.54, 1.807) is 20.8 Å². The second-order valence-corrected chi connectivity index (χ2v) is 7.56. The number of aliphatic hydroxyl groups is 1. The molecule has 0 spiro atoms. The van der Waals surface area contributed by atoms with Crippen LogP contribution in [0.25, 0.3) is 0 Å². The van der Waals surface area contributed by atoms with Gasteiger partial charge < -0.3 is 9.66 Å². The Bertz CT molecular complexity index is 438. The quantitative estimate of drug-likeness (QED) is 0.795. The minimum atomic E-state index is -1.41. The van der Waals surface area contributed by atoms with Crippen molar-refractivity contribution in [3.63, 3.8) is 0 Å². The topological polar surface area (TPSA) is 55.3 Å². The van der Waals surface area contributed by atoms with Gasteiger partial charge in [0.25, 0.3) is 0 Å². The van der Waals surface area contributed by atoms with Gasteiger partial charge in [-0.1, -0.05) is 12.1 Å². The van der Waals surface area contributed by atoms with Gasteiger partial charge in [0.15, 0.2) is 11.6 Å². The molecule has 2 N–H and O–H groups in total. The molecule has 0 amide bonds. The lowest BCUT2D eigenvalue weighted by Crippen LogP contribution is -2.41. The molecule has 0 aromatic heterocycles. The molecule has 0 bridgehead atoms. The van der Waals surface area contributed by atoms with Crippen molar-refractivity contribution in [2.75, 3.05) is 6.61 Å². The van der Waals surface area contributed by atoms with Gasteiger partial charge in [-0.15, -0.1) is 4.72 Å². The minimum absolute atomic E-state index is 0.0583. The zero-order valence-electron chi connectivity index (χ0n) is 12.0. The van der Waals surface area contributed by atoms with Gasteiger partial charge >= 0.3 is 0 Å². The van der Waals surface area contributed by atoms with Crippen molar-refractivity contribution < 1.29 is 18.4 Å². The number of benzene rings is 1. The largest absolute Gasteiger partial charge is 0.598 e. The molecular weight excluding hydrogens is 284 g/mol. The summed E-state index contributed by atoms with van der Waals surface area (Å²) in [5.41, 5.74) is 0.135. The fraction of sp³-hybridized carbons (Fsp3) is 0.571. The monoisotopic (exact) mass is 305 g/mol. The zero-order valence-corrected chi connectivity index (χ0v) is 12.8. The van der Waals surface area contributed by atoms with E-state index in [0.29, 0.717) is 12.8 Å². The summed E-state index contributed by atoms with van der Waals surface area (Å²) in [6.07, 6.45) is 0.785. The molecule has 0 aliphatic rings. The summed E-state index contributed by atoms with van der Waals surface area (Å²) >= 11 is -1.41. The molecule has 0 aliphatic carbocycles. The highest BCUT2D eigenvalue weighted by Gasteiger charge is 2.31. The fourth-order valence-electron chi connectivity index (χ4n) is 1.67. The Balaban J connectivity index is 2.97. The van der Waals surface area contributed by atoms with E-state index in [1.165, 1.54) is 12.1 Å². The summed E-state index contributed by atoms with van der Waals surface area (Å²) < 4.78 is 41.6. The van der Waals surface area contributed by atoms with Crippen molar-refractivity contribution in [1.29, 1.82) is 0 Å². The molecule has 3 nitrogen and oxygen atoms in total. The maximum atomic E-state index is 13.8. The zero-order chi connectivity index (χ0) is 15.3. The number of halogens is 2. The normalized spacial score (nSPS) is 15.2. The molecule has 1 rings (SSSR count). The molecule has 0 radical (unpaired) electrons. The molecule has 2 atom stereocenters. The summed E-state index contributed by atoms with van der Waals surface area (Å²) in [4.78, 5) is 0. The highest BCUT2D eigenvalue weighted by Crippen LogP contribution is 2.26. The van der Waals surface area contributed by atoms with Crippen molar-refractivity contribution >= 4 is 11.4 Å². The van der Waals surface area contributed by atoms with E-state index in [0.717, 1.165) is 6.07 Å². The summed E-state index contributed by atoms with van der Waals surface area (Å²) in [6, 6.07) is 3.33. The highest BCUT2D eigenvalue weighted by molar-refractivity contribution is 7.90. The van der Waals surface area contributed by atoms with Gasteiger partial charge in [-0.25, -0.2) is 8.78 Å². The Morgan fingerprint density at radius 3 is 2.55 bits per heavy atom. The minimum Gasteiger partial charge on any atom is -0.598 e. The molecule has 0 heterocycles. The first-order valence-electron chi connectivity index (χ1n) is 6.50. The summed E-state index contributed by atoms with van der Waals surface area (Å²) in [5.74, 6) is -1.87. The third kappa shape index (κ3) is 4.70. The van der Waals surface area contributed by atoms with Crippen LogP contribution in [0.4, 0.5) is 8.78 Å². The first-order valence-corrected chi connectivity index (χ1v) is 7.65. The molecule has 0 fully saturated rings. The van der Waals surface area contributed by atoms with Crippen LogP contribution in [0.2, 0.25) is 0 Å². The van der Waals surface area contributed by atoms with E-state index >= 15 is 0 Å². The molecule has 0 unspecified atom stereocenters. The molecule has 20 heavy (non-hydrogen) atoms. The second kappa shape index (κ2) is 7.36. The van der Waals surface area contributed by atoms with Gasteiger partial charge in [0, 0.05) is 23.5 Å². The third-order valence-electron chi connectivity index (χ3n) is 2.81. The van der Waals surface area contributed by atoms with Crippen LogP contribution in [-0.2, 0) is 11.4 Å². The van der Waals surface area contributed by atoms with Gasteiger partial charge in [0.2, 0.25) is 0 Å². The van der Waals surface area contributed by atoms with Crippen LogP contribution in [0, 0.1) is 11.6 Å². The van der Waals surface area contributed by atoms with E-state index in [9.17, 15) is 13.3 Å². The lowest BCUT2D eigenvalue weighted by Gasteiger charge is -2.28. The number of aliphatic hydroxyl groups excluding tert-OH is 1. The van der Waals surface area contributed by atoms with E-state index in [4.69, 9.17) is 5.11 Å². The van der Waals surface area contributed by atoms with Crippen molar-refractivity contribution in [3.8, 4) is 0 Å². The van der Waals surface area contributed by atoms with E-state index in [-0.39, 0.29) is 12.2 Å². The summed E-state index contributed by atoms with van der Waals surface area (Å²) in [6.45, 7) is 5.32. The van der Waals surface area contributed by atoms with Gasteiger partial charge in [-0.2, -0.15) is 0 Å². The maximum Gasteiger partial charge on any atom is 0.163 e. The first kappa shape index (κ1) is 17.4. The molecule has 0 saturated heterocycles.